The lowest BCUT2D eigenvalue weighted by atomic mass is 10.1. The summed E-state index contributed by atoms with van der Waals surface area (Å²) in [5, 5.41) is 14.7. The van der Waals surface area contributed by atoms with Gasteiger partial charge in [0.25, 0.3) is 0 Å². The molecule has 0 bridgehead atoms. The third-order valence-electron chi connectivity index (χ3n) is 3.77. The van der Waals surface area contributed by atoms with Crippen LogP contribution in [0.4, 0.5) is 0 Å². The van der Waals surface area contributed by atoms with Gasteiger partial charge in [0.1, 0.15) is 5.01 Å². The lowest BCUT2D eigenvalue weighted by Crippen LogP contribution is -1.99. The summed E-state index contributed by atoms with van der Waals surface area (Å²) in [6.45, 7) is 2.10. The second kappa shape index (κ2) is 5.76. The van der Waals surface area contributed by atoms with Crippen LogP contribution in [0.2, 0.25) is 5.02 Å². The van der Waals surface area contributed by atoms with Gasteiger partial charge in [0.05, 0.1) is 5.02 Å². The van der Waals surface area contributed by atoms with Crippen molar-refractivity contribution in [3.8, 4) is 10.6 Å². The molecule has 0 unspecified atom stereocenters. The van der Waals surface area contributed by atoms with Crippen LogP contribution < -0.4 is 0 Å². The monoisotopic (exact) mass is 340 g/mol. The molecule has 2 heterocycles. The topological polar surface area (TPSA) is 43.1 Å². The molecule has 4 aromatic rings. The van der Waals surface area contributed by atoms with Crippen molar-refractivity contribution in [1.82, 2.24) is 19.8 Å². The number of aromatic nitrogens is 4. The number of fused-ring (bicyclic) bond motifs is 1. The first-order valence-electron chi connectivity index (χ1n) is 7.23. The van der Waals surface area contributed by atoms with Crippen molar-refractivity contribution < 1.29 is 0 Å². The van der Waals surface area contributed by atoms with Crippen LogP contribution in [-0.4, -0.2) is 19.8 Å². The van der Waals surface area contributed by atoms with Gasteiger partial charge in [-0.15, -0.1) is 10.2 Å². The minimum atomic E-state index is 0.693. The molecule has 2 aromatic heterocycles. The summed E-state index contributed by atoms with van der Waals surface area (Å²) in [4.78, 5) is 0.781. The van der Waals surface area contributed by atoms with Gasteiger partial charge < -0.3 is 0 Å². The fraction of sp³-hybridized carbons (Fsp3) is 0.118. The van der Waals surface area contributed by atoms with Gasteiger partial charge in [0, 0.05) is 12.0 Å². The molecule has 0 atom stereocenters. The zero-order chi connectivity index (χ0) is 15.8. The van der Waals surface area contributed by atoms with Crippen molar-refractivity contribution >= 4 is 27.9 Å². The standard InChI is InChI=1S/C17H13ClN4S/c1-11-6-2-3-7-12(11)10-15-19-20-17-22(15)21-16(23-17)13-8-4-5-9-14(13)18/h2-9H,10H2,1H3. The molecule has 0 fully saturated rings. The Hall–Kier alpha value is -2.24. The average Bonchev–Trinajstić information content (AvgIpc) is 3.12. The number of aryl methyl sites for hydroxylation is 1. The van der Waals surface area contributed by atoms with Gasteiger partial charge in [-0.1, -0.05) is 65.4 Å². The maximum atomic E-state index is 6.27. The zero-order valence-corrected chi connectivity index (χ0v) is 14.0. The van der Waals surface area contributed by atoms with Crippen LogP contribution >= 0.6 is 22.9 Å². The van der Waals surface area contributed by atoms with E-state index in [0.717, 1.165) is 21.4 Å². The molecule has 2 aromatic carbocycles. The summed E-state index contributed by atoms with van der Waals surface area (Å²) in [6.07, 6.45) is 0.708. The normalized spacial score (nSPS) is 11.2. The first-order chi connectivity index (χ1) is 11.2. The lowest BCUT2D eigenvalue weighted by Gasteiger charge is -2.02. The Kier molecular flexibility index (Phi) is 3.59. The fourth-order valence-corrected chi connectivity index (χ4v) is 3.67. The van der Waals surface area contributed by atoms with Crippen molar-refractivity contribution in [2.45, 2.75) is 13.3 Å². The molecule has 0 spiro atoms. The maximum Gasteiger partial charge on any atom is 0.234 e. The van der Waals surface area contributed by atoms with E-state index < -0.39 is 0 Å². The van der Waals surface area contributed by atoms with E-state index in [9.17, 15) is 0 Å². The van der Waals surface area contributed by atoms with Crippen LogP contribution in [0.1, 0.15) is 17.0 Å². The Bertz CT molecular complexity index is 989. The average molecular weight is 341 g/mol. The molecule has 0 saturated carbocycles. The summed E-state index contributed by atoms with van der Waals surface area (Å²) < 4.78 is 1.82. The summed E-state index contributed by atoms with van der Waals surface area (Å²) in [5.41, 5.74) is 3.39. The molecule has 0 saturated heterocycles. The first-order valence-corrected chi connectivity index (χ1v) is 8.42. The molecule has 23 heavy (non-hydrogen) atoms. The Labute approximate surface area is 142 Å². The third-order valence-corrected chi connectivity index (χ3v) is 5.03. The van der Waals surface area contributed by atoms with E-state index in [0.29, 0.717) is 11.4 Å². The van der Waals surface area contributed by atoms with Gasteiger partial charge in [-0.05, 0) is 24.1 Å². The smallest absolute Gasteiger partial charge is 0.187 e. The molecule has 0 radical (unpaired) electrons. The van der Waals surface area contributed by atoms with Crippen LogP contribution in [-0.2, 0) is 6.42 Å². The number of rotatable bonds is 3. The Morgan fingerprint density at radius 1 is 1.04 bits per heavy atom. The van der Waals surface area contributed by atoms with Crippen LogP contribution in [0.3, 0.4) is 0 Å². The summed E-state index contributed by atoms with van der Waals surface area (Å²) in [5.74, 6) is 0.837. The highest BCUT2D eigenvalue weighted by Crippen LogP contribution is 2.31. The Morgan fingerprint density at radius 3 is 2.65 bits per heavy atom. The largest absolute Gasteiger partial charge is 0.234 e. The minimum Gasteiger partial charge on any atom is -0.187 e. The van der Waals surface area contributed by atoms with Gasteiger partial charge in [-0.25, -0.2) is 0 Å². The van der Waals surface area contributed by atoms with Crippen LogP contribution in [0.15, 0.2) is 48.5 Å². The van der Waals surface area contributed by atoms with Crippen LogP contribution in [0, 0.1) is 6.92 Å². The molecule has 4 rings (SSSR count). The minimum absolute atomic E-state index is 0.693. The molecule has 0 aliphatic carbocycles. The highest BCUT2D eigenvalue weighted by Gasteiger charge is 2.15. The van der Waals surface area contributed by atoms with Crippen LogP contribution in [0.5, 0.6) is 0 Å². The summed E-state index contributed by atoms with van der Waals surface area (Å²) >= 11 is 7.76. The predicted molar refractivity (Wildman–Crippen MR) is 93.1 cm³/mol. The van der Waals surface area contributed by atoms with Crippen LogP contribution in [0.25, 0.3) is 15.5 Å². The molecule has 4 nitrogen and oxygen atoms in total. The van der Waals surface area contributed by atoms with E-state index in [1.807, 2.05) is 40.9 Å². The Balaban J connectivity index is 1.76. The molecule has 114 valence electrons. The van der Waals surface area contributed by atoms with Gasteiger partial charge in [0.2, 0.25) is 4.96 Å². The lowest BCUT2D eigenvalue weighted by molar-refractivity contribution is 0.851. The highest BCUT2D eigenvalue weighted by molar-refractivity contribution is 7.19. The summed E-state index contributed by atoms with van der Waals surface area (Å²) in [6, 6.07) is 16.0. The van der Waals surface area contributed by atoms with Crippen molar-refractivity contribution in [1.29, 1.82) is 0 Å². The van der Waals surface area contributed by atoms with E-state index in [4.69, 9.17) is 11.6 Å². The van der Waals surface area contributed by atoms with Gasteiger partial charge >= 0.3 is 0 Å². The number of hydrogen-bond donors (Lipinski definition) is 0. The number of halogens is 1. The van der Waals surface area contributed by atoms with Crippen molar-refractivity contribution in [3.05, 3.63) is 70.5 Å². The summed E-state index contributed by atoms with van der Waals surface area (Å²) in [7, 11) is 0. The molecular weight excluding hydrogens is 328 g/mol. The van der Waals surface area contributed by atoms with Gasteiger partial charge in [-0.2, -0.15) is 9.61 Å². The highest BCUT2D eigenvalue weighted by atomic mass is 35.5. The number of nitrogens with zero attached hydrogens (tertiary/aromatic N) is 4. The van der Waals surface area contributed by atoms with Crippen molar-refractivity contribution in [2.75, 3.05) is 0 Å². The molecule has 0 aliphatic heterocycles. The molecule has 0 amide bonds. The second-order valence-corrected chi connectivity index (χ2v) is 6.66. The van der Waals surface area contributed by atoms with Crippen molar-refractivity contribution in [3.63, 3.8) is 0 Å². The number of hydrogen-bond acceptors (Lipinski definition) is 4. The van der Waals surface area contributed by atoms with E-state index in [2.05, 4.69) is 34.4 Å². The quantitative estimate of drug-likeness (QED) is 0.555. The molecule has 0 N–H and O–H groups in total. The number of benzene rings is 2. The van der Waals surface area contributed by atoms with Crippen molar-refractivity contribution in [2.24, 2.45) is 0 Å². The van der Waals surface area contributed by atoms with Gasteiger partial charge in [0.15, 0.2) is 5.82 Å². The van der Waals surface area contributed by atoms with Gasteiger partial charge in [-0.3, -0.25) is 0 Å². The third kappa shape index (κ3) is 2.62. The molecule has 6 heteroatoms. The molecular formula is C17H13ClN4S. The van der Waals surface area contributed by atoms with E-state index in [-0.39, 0.29) is 0 Å². The van der Waals surface area contributed by atoms with E-state index >= 15 is 0 Å². The first kappa shape index (κ1) is 14.4. The second-order valence-electron chi connectivity index (χ2n) is 5.30. The maximum absolute atomic E-state index is 6.27. The molecule has 0 aliphatic rings. The predicted octanol–water partition coefficient (Wildman–Crippen LogP) is 4.41. The zero-order valence-electron chi connectivity index (χ0n) is 12.4. The SMILES string of the molecule is Cc1ccccc1Cc1nnc2sc(-c3ccccc3Cl)nn12. The fourth-order valence-electron chi connectivity index (χ4n) is 2.49. The van der Waals surface area contributed by atoms with E-state index in [1.165, 1.54) is 22.5 Å². The Morgan fingerprint density at radius 2 is 1.83 bits per heavy atom. The van der Waals surface area contributed by atoms with E-state index in [1.54, 1.807) is 0 Å².